The Morgan fingerprint density at radius 3 is 2.50 bits per heavy atom. The average molecular weight is 440 g/mol. The number of Topliss-reactive ketones (excluding diaryl/α,β-unsaturated/α-hetero) is 1. The molecule has 0 unspecified atom stereocenters. The Balaban J connectivity index is 1.31. The first-order valence-electron chi connectivity index (χ1n) is 10.1. The van der Waals surface area contributed by atoms with Crippen LogP contribution < -0.4 is 5.32 Å². The van der Waals surface area contributed by atoms with Crippen LogP contribution in [0.1, 0.15) is 36.0 Å². The second-order valence-electron chi connectivity index (χ2n) is 8.08. The Morgan fingerprint density at radius 1 is 1.06 bits per heavy atom. The first-order chi connectivity index (χ1) is 15.3. The number of aromatic nitrogens is 4. The Morgan fingerprint density at radius 2 is 1.78 bits per heavy atom. The van der Waals surface area contributed by atoms with Crippen molar-refractivity contribution in [2.45, 2.75) is 37.1 Å². The number of rotatable bonds is 4. The summed E-state index contributed by atoms with van der Waals surface area (Å²) in [4.78, 5) is 51.1. The Bertz CT molecular complexity index is 1230. The first kappa shape index (κ1) is 20.2. The number of alkyl halides is 2. The van der Waals surface area contributed by atoms with Crippen molar-refractivity contribution >= 4 is 28.9 Å². The van der Waals surface area contributed by atoms with Gasteiger partial charge in [-0.15, -0.1) is 0 Å². The number of amides is 3. The number of imide groups is 1. The van der Waals surface area contributed by atoms with Gasteiger partial charge in [-0.1, -0.05) is 0 Å². The van der Waals surface area contributed by atoms with Gasteiger partial charge in [-0.05, 0) is 37.1 Å². The van der Waals surface area contributed by atoms with Crippen molar-refractivity contribution in [2.75, 3.05) is 6.54 Å². The van der Waals surface area contributed by atoms with E-state index in [1.165, 1.54) is 6.33 Å². The SMILES string of the molecule is O=C(CN1C(=O)NC2(CCC(F)(F)CC2)C1=O)c1ccc(-n2cnc3cncnc32)cc1. The smallest absolute Gasteiger partial charge is 0.323 e. The van der Waals surface area contributed by atoms with Gasteiger partial charge in [0.1, 0.15) is 23.7 Å². The van der Waals surface area contributed by atoms with Crippen LogP contribution in [-0.4, -0.2) is 60.1 Å². The number of fused-ring (bicyclic) bond motifs is 1. The van der Waals surface area contributed by atoms with Crippen LogP contribution in [0.5, 0.6) is 0 Å². The number of halogens is 2. The van der Waals surface area contributed by atoms with E-state index in [2.05, 4.69) is 20.3 Å². The van der Waals surface area contributed by atoms with Crippen LogP contribution in [0.3, 0.4) is 0 Å². The van der Waals surface area contributed by atoms with E-state index in [0.29, 0.717) is 16.7 Å². The molecule has 3 amide bonds. The zero-order valence-electron chi connectivity index (χ0n) is 16.8. The minimum atomic E-state index is -2.84. The van der Waals surface area contributed by atoms with Gasteiger partial charge in [0.25, 0.3) is 5.91 Å². The van der Waals surface area contributed by atoms with Gasteiger partial charge in [-0.25, -0.2) is 28.5 Å². The van der Waals surface area contributed by atoms with Crippen molar-refractivity contribution in [2.24, 2.45) is 0 Å². The fraction of sp³-hybridized carbons (Fsp3) is 0.333. The Labute approximate surface area is 180 Å². The monoisotopic (exact) mass is 440 g/mol. The summed E-state index contributed by atoms with van der Waals surface area (Å²) < 4.78 is 28.8. The summed E-state index contributed by atoms with van der Waals surface area (Å²) in [6, 6.07) is 5.84. The van der Waals surface area contributed by atoms with Crippen molar-refractivity contribution in [3.63, 3.8) is 0 Å². The molecule has 1 aliphatic heterocycles. The van der Waals surface area contributed by atoms with Crippen LogP contribution in [0.2, 0.25) is 0 Å². The molecule has 11 heteroatoms. The molecular weight excluding hydrogens is 422 g/mol. The van der Waals surface area contributed by atoms with Crippen LogP contribution in [0, 0.1) is 0 Å². The highest BCUT2D eigenvalue weighted by molar-refractivity contribution is 6.11. The lowest BCUT2D eigenvalue weighted by atomic mass is 9.80. The van der Waals surface area contributed by atoms with Crippen molar-refractivity contribution < 1.29 is 23.2 Å². The largest absolute Gasteiger partial charge is 0.325 e. The molecule has 2 aromatic heterocycles. The molecule has 1 N–H and O–H groups in total. The minimum absolute atomic E-state index is 0.146. The van der Waals surface area contributed by atoms with Gasteiger partial charge in [-0.3, -0.25) is 19.1 Å². The summed E-state index contributed by atoms with van der Waals surface area (Å²) in [5, 5.41) is 2.54. The third-order valence-electron chi connectivity index (χ3n) is 6.06. The van der Waals surface area contributed by atoms with Crippen LogP contribution in [-0.2, 0) is 4.79 Å². The molecule has 1 aromatic carbocycles. The van der Waals surface area contributed by atoms with Gasteiger partial charge in [0.15, 0.2) is 11.4 Å². The second kappa shape index (κ2) is 7.14. The number of carbonyl (C=O) groups excluding carboxylic acids is 3. The zero-order valence-corrected chi connectivity index (χ0v) is 16.8. The van der Waals surface area contributed by atoms with Gasteiger partial charge in [0, 0.05) is 24.1 Å². The maximum Gasteiger partial charge on any atom is 0.325 e. The number of benzene rings is 1. The van der Waals surface area contributed by atoms with E-state index in [1.54, 1.807) is 41.4 Å². The zero-order chi connectivity index (χ0) is 22.5. The molecule has 1 saturated carbocycles. The standard InChI is InChI=1S/C21H18F2N6O3/c22-21(23)7-5-20(6-8-21)18(31)28(19(32)27-20)10-16(30)13-1-3-14(4-2-13)29-12-26-15-9-24-11-25-17(15)29/h1-4,9,11-12H,5-8,10H2,(H,27,32). The highest BCUT2D eigenvalue weighted by Crippen LogP contribution is 2.41. The van der Waals surface area contributed by atoms with Crippen molar-refractivity contribution in [1.29, 1.82) is 0 Å². The van der Waals surface area contributed by atoms with E-state index >= 15 is 0 Å². The number of ketones is 1. The van der Waals surface area contributed by atoms with Crippen molar-refractivity contribution in [3.8, 4) is 5.69 Å². The van der Waals surface area contributed by atoms with Gasteiger partial charge in [-0.2, -0.15) is 0 Å². The predicted molar refractivity (Wildman–Crippen MR) is 107 cm³/mol. The lowest BCUT2D eigenvalue weighted by Crippen LogP contribution is -2.51. The van der Waals surface area contributed by atoms with Gasteiger partial charge in [0.2, 0.25) is 5.92 Å². The lowest BCUT2D eigenvalue weighted by Gasteiger charge is -2.34. The molecule has 1 saturated heterocycles. The van der Waals surface area contributed by atoms with Gasteiger partial charge in [0.05, 0.1) is 12.7 Å². The summed E-state index contributed by atoms with van der Waals surface area (Å²) in [6.07, 6.45) is 3.35. The number of nitrogens with one attached hydrogen (secondary N) is 1. The molecule has 1 spiro atoms. The topological polar surface area (TPSA) is 110 Å². The number of urea groups is 1. The minimum Gasteiger partial charge on any atom is -0.323 e. The number of nitrogens with zero attached hydrogens (tertiary/aromatic N) is 5. The predicted octanol–water partition coefficient (Wildman–Crippen LogP) is 2.50. The number of imidazole rings is 1. The first-order valence-corrected chi connectivity index (χ1v) is 10.1. The third-order valence-corrected chi connectivity index (χ3v) is 6.06. The van der Waals surface area contributed by atoms with E-state index in [4.69, 9.17) is 0 Å². The molecule has 3 aromatic rings. The molecule has 0 radical (unpaired) electrons. The summed E-state index contributed by atoms with van der Waals surface area (Å²) in [7, 11) is 0. The molecule has 32 heavy (non-hydrogen) atoms. The van der Waals surface area contributed by atoms with Gasteiger partial charge < -0.3 is 5.32 Å². The van der Waals surface area contributed by atoms with E-state index in [-0.39, 0.29) is 12.8 Å². The van der Waals surface area contributed by atoms with E-state index in [9.17, 15) is 23.2 Å². The van der Waals surface area contributed by atoms with E-state index in [0.717, 1.165) is 10.6 Å². The number of carbonyl (C=O) groups is 3. The fourth-order valence-corrected chi connectivity index (χ4v) is 4.20. The second-order valence-corrected chi connectivity index (χ2v) is 8.08. The van der Waals surface area contributed by atoms with Gasteiger partial charge >= 0.3 is 6.03 Å². The van der Waals surface area contributed by atoms with Crippen molar-refractivity contribution in [1.82, 2.24) is 29.7 Å². The summed E-state index contributed by atoms with van der Waals surface area (Å²) in [5.41, 5.74) is 0.930. The molecule has 0 atom stereocenters. The lowest BCUT2D eigenvalue weighted by molar-refractivity contribution is -0.135. The molecule has 3 heterocycles. The van der Waals surface area contributed by atoms with Crippen LogP contribution >= 0.6 is 0 Å². The molecule has 2 aliphatic rings. The molecule has 5 rings (SSSR count). The maximum atomic E-state index is 13.5. The van der Waals surface area contributed by atoms with Crippen molar-refractivity contribution in [3.05, 3.63) is 48.7 Å². The normalized spacial score (nSPS) is 19.5. The summed E-state index contributed by atoms with van der Waals surface area (Å²) in [5.74, 6) is -3.89. The number of hydrogen-bond donors (Lipinski definition) is 1. The Kier molecular flexibility index (Phi) is 4.50. The highest BCUT2D eigenvalue weighted by atomic mass is 19.3. The summed E-state index contributed by atoms with van der Waals surface area (Å²) >= 11 is 0. The molecular formula is C21H18F2N6O3. The highest BCUT2D eigenvalue weighted by Gasteiger charge is 2.55. The van der Waals surface area contributed by atoms with Crippen LogP contribution in [0.15, 0.2) is 43.1 Å². The molecule has 164 valence electrons. The molecule has 2 fully saturated rings. The quantitative estimate of drug-likeness (QED) is 0.493. The summed E-state index contributed by atoms with van der Waals surface area (Å²) in [6.45, 7) is -0.455. The Hall–Kier alpha value is -3.76. The number of hydrogen-bond acceptors (Lipinski definition) is 6. The fourth-order valence-electron chi connectivity index (χ4n) is 4.20. The molecule has 1 aliphatic carbocycles. The maximum absolute atomic E-state index is 13.5. The van der Waals surface area contributed by atoms with E-state index in [1.807, 2.05) is 0 Å². The van der Waals surface area contributed by atoms with Crippen LogP contribution in [0.25, 0.3) is 16.9 Å². The molecule has 0 bridgehead atoms. The van der Waals surface area contributed by atoms with E-state index < -0.39 is 48.6 Å². The third kappa shape index (κ3) is 3.29. The molecule has 9 nitrogen and oxygen atoms in total. The average Bonchev–Trinajstić information content (AvgIpc) is 3.31. The van der Waals surface area contributed by atoms with Crippen LogP contribution in [0.4, 0.5) is 13.6 Å².